The molecule has 224 valence electrons. The van der Waals surface area contributed by atoms with E-state index < -0.39 is 0 Å². The van der Waals surface area contributed by atoms with Crippen molar-refractivity contribution in [1.82, 2.24) is 0 Å². The maximum Gasteiger partial charge on any atom is 0.159 e. The molecule has 1 heterocycles. The van der Waals surface area contributed by atoms with Crippen LogP contribution in [0, 0.1) is 0 Å². The van der Waals surface area contributed by atoms with Gasteiger partial charge in [0.05, 0.1) is 5.69 Å². The summed E-state index contributed by atoms with van der Waals surface area (Å²) in [5.74, 6) is 0. The number of rotatable bonds is 5. The van der Waals surface area contributed by atoms with Crippen molar-refractivity contribution < 1.29 is 4.42 Å². The summed E-state index contributed by atoms with van der Waals surface area (Å²) in [4.78, 5) is 2.32. The zero-order valence-corrected chi connectivity index (χ0v) is 26.4. The van der Waals surface area contributed by atoms with Crippen LogP contribution in [0.1, 0.15) is 25.0 Å². The maximum atomic E-state index is 6.86. The monoisotopic (exact) mass is 603 g/mol. The molecule has 0 bridgehead atoms. The highest BCUT2D eigenvalue weighted by atomic mass is 16.3. The number of fused-ring (bicyclic) bond motifs is 6. The van der Waals surface area contributed by atoms with Gasteiger partial charge in [0.15, 0.2) is 5.58 Å². The minimum atomic E-state index is -0.0750. The summed E-state index contributed by atoms with van der Waals surface area (Å²) < 4.78 is 6.86. The van der Waals surface area contributed by atoms with Crippen molar-refractivity contribution in [3.8, 4) is 33.4 Å². The molecule has 0 N–H and O–H groups in total. The fourth-order valence-corrected chi connectivity index (χ4v) is 7.45. The molecule has 0 atom stereocenters. The van der Waals surface area contributed by atoms with Gasteiger partial charge < -0.3 is 9.32 Å². The SMILES string of the molecule is CC1(C)c2ccccc2-c2cc3oc4c(N(c5ccc(-c6ccccc6)cc5)c5ccc(-c6ccccc6)cc5)cccc4c3cc21. The van der Waals surface area contributed by atoms with E-state index in [1.165, 1.54) is 44.5 Å². The lowest BCUT2D eigenvalue weighted by Crippen LogP contribution is -2.14. The van der Waals surface area contributed by atoms with E-state index in [2.05, 4.69) is 183 Å². The molecule has 9 rings (SSSR count). The molecular formula is C45H33NO. The van der Waals surface area contributed by atoms with Crippen LogP contribution in [0.4, 0.5) is 17.1 Å². The number of anilines is 3. The molecule has 47 heavy (non-hydrogen) atoms. The Hall–Kier alpha value is -5.86. The van der Waals surface area contributed by atoms with E-state index in [1.54, 1.807) is 0 Å². The molecule has 0 saturated carbocycles. The highest BCUT2D eigenvalue weighted by Crippen LogP contribution is 2.51. The van der Waals surface area contributed by atoms with Gasteiger partial charge in [-0.15, -0.1) is 0 Å². The Labute approximate surface area is 275 Å². The summed E-state index contributed by atoms with van der Waals surface area (Å²) in [7, 11) is 0. The molecule has 0 aliphatic heterocycles. The third-order valence-corrected chi connectivity index (χ3v) is 9.89. The molecular weight excluding hydrogens is 571 g/mol. The molecule has 2 heteroatoms. The molecule has 1 aromatic heterocycles. The van der Waals surface area contributed by atoms with Gasteiger partial charge in [0.2, 0.25) is 0 Å². The predicted octanol–water partition coefficient (Wildman–Crippen LogP) is 12.7. The molecule has 8 aromatic rings. The van der Waals surface area contributed by atoms with Gasteiger partial charge in [-0.3, -0.25) is 0 Å². The standard InChI is InChI=1S/C45H33NO/c1-45(2)40-18-10-9-16-36(40)38-29-43-39(28-41(38)45)37-17-11-19-42(44(37)47-43)46(34-24-20-32(21-25-34)30-12-5-3-6-13-30)35-26-22-33(23-27-35)31-14-7-4-8-15-31/h3-29H,1-2H3. The zero-order valence-electron chi connectivity index (χ0n) is 26.4. The molecule has 0 fully saturated rings. The van der Waals surface area contributed by atoms with E-state index in [0.29, 0.717) is 0 Å². The van der Waals surface area contributed by atoms with E-state index in [0.717, 1.165) is 39.0 Å². The molecule has 0 saturated heterocycles. The Bertz CT molecular complexity index is 2320. The van der Waals surface area contributed by atoms with E-state index in [9.17, 15) is 0 Å². The zero-order chi connectivity index (χ0) is 31.5. The maximum absolute atomic E-state index is 6.86. The van der Waals surface area contributed by atoms with Crippen LogP contribution in [-0.4, -0.2) is 0 Å². The minimum Gasteiger partial charge on any atom is -0.454 e. The summed E-state index contributed by atoms with van der Waals surface area (Å²) in [6, 6.07) is 58.7. The van der Waals surface area contributed by atoms with Crippen molar-refractivity contribution in [3.63, 3.8) is 0 Å². The summed E-state index contributed by atoms with van der Waals surface area (Å²) in [6.07, 6.45) is 0. The second-order valence-electron chi connectivity index (χ2n) is 13.0. The van der Waals surface area contributed by atoms with Gasteiger partial charge in [-0.05, 0) is 87.0 Å². The van der Waals surface area contributed by atoms with E-state index >= 15 is 0 Å². The molecule has 7 aromatic carbocycles. The highest BCUT2D eigenvalue weighted by molar-refractivity contribution is 6.12. The van der Waals surface area contributed by atoms with Crippen LogP contribution in [0.3, 0.4) is 0 Å². The smallest absolute Gasteiger partial charge is 0.159 e. The van der Waals surface area contributed by atoms with Crippen molar-refractivity contribution in [2.24, 2.45) is 0 Å². The first-order valence-electron chi connectivity index (χ1n) is 16.3. The van der Waals surface area contributed by atoms with Crippen LogP contribution in [-0.2, 0) is 5.41 Å². The number of hydrogen-bond acceptors (Lipinski definition) is 2. The Morgan fingerprint density at radius 2 is 1.00 bits per heavy atom. The fraction of sp³-hybridized carbons (Fsp3) is 0.0667. The third kappa shape index (κ3) is 4.40. The number of nitrogens with zero attached hydrogens (tertiary/aromatic N) is 1. The largest absolute Gasteiger partial charge is 0.454 e. The van der Waals surface area contributed by atoms with E-state index in [-0.39, 0.29) is 5.41 Å². The van der Waals surface area contributed by atoms with Gasteiger partial charge in [0, 0.05) is 27.6 Å². The van der Waals surface area contributed by atoms with Crippen molar-refractivity contribution in [2.45, 2.75) is 19.3 Å². The number of hydrogen-bond donors (Lipinski definition) is 0. The highest BCUT2D eigenvalue weighted by Gasteiger charge is 2.36. The van der Waals surface area contributed by atoms with Crippen molar-refractivity contribution in [2.75, 3.05) is 4.90 Å². The number of benzene rings is 7. The lowest BCUT2D eigenvalue weighted by Gasteiger charge is -2.26. The van der Waals surface area contributed by atoms with Crippen LogP contribution >= 0.6 is 0 Å². The Morgan fingerprint density at radius 1 is 0.447 bits per heavy atom. The molecule has 0 unspecified atom stereocenters. The van der Waals surface area contributed by atoms with Crippen molar-refractivity contribution >= 4 is 39.0 Å². The van der Waals surface area contributed by atoms with Gasteiger partial charge in [0.1, 0.15) is 5.58 Å². The second kappa shape index (κ2) is 10.6. The van der Waals surface area contributed by atoms with Gasteiger partial charge >= 0.3 is 0 Å². The predicted molar refractivity (Wildman–Crippen MR) is 197 cm³/mol. The number of furan rings is 1. The first-order chi connectivity index (χ1) is 23.1. The Morgan fingerprint density at radius 3 is 1.62 bits per heavy atom. The van der Waals surface area contributed by atoms with Crippen LogP contribution in [0.15, 0.2) is 168 Å². The van der Waals surface area contributed by atoms with Gasteiger partial charge in [-0.2, -0.15) is 0 Å². The quantitative estimate of drug-likeness (QED) is 0.195. The van der Waals surface area contributed by atoms with Crippen LogP contribution in [0.2, 0.25) is 0 Å². The van der Waals surface area contributed by atoms with Crippen molar-refractivity contribution in [3.05, 3.63) is 175 Å². The normalized spacial score (nSPS) is 13.1. The molecule has 1 aliphatic rings. The average Bonchev–Trinajstić information content (AvgIpc) is 3.61. The molecule has 2 nitrogen and oxygen atoms in total. The third-order valence-electron chi connectivity index (χ3n) is 9.89. The lowest BCUT2D eigenvalue weighted by molar-refractivity contribution is 0.658. The first kappa shape index (κ1) is 27.5. The molecule has 0 spiro atoms. The fourth-order valence-electron chi connectivity index (χ4n) is 7.45. The summed E-state index contributed by atoms with van der Waals surface area (Å²) in [5, 5.41) is 2.28. The molecule has 1 aliphatic carbocycles. The van der Waals surface area contributed by atoms with E-state index in [1.807, 2.05) is 0 Å². The van der Waals surface area contributed by atoms with Gasteiger partial charge in [-0.25, -0.2) is 0 Å². The van der Waals surface area contributed by atoms with Crippen molar-refractivity contribution in [1.29, 1.82) is 0 Å². The Kier molecular flexibility index (Phi) is 6.20. The first-order valence-corrected chi connectivity index (χ1v) is 16.3. The summed E-state index contributed by atoms with van der Waals surface area (Å²) in [6.45, 7) is 4.66. The number of para-hydroxylation sites is 1. The average molecular weight is 604 g/mol. The second-order valence-corrected chi connectivity index (χ2v) is 13.0. The lowest BCUT2D eigenvalue weighted by atomic mass is 9.82. The van der Waals surface area contributed by atoms with E-state index in [4.69, 9.17) is 4.42 Å². The van der Waals surface area contributed by atoms with Gasteiger partial charge in [-0.1, -0.05) is 135 Å². The van der Waals surface area contributed by atoms with Crippen LogP contribution in [0.5, 0.6) is 0 Å². The molecule has 0 radical (unpaired) electrons. The van der Waals surface area contributed by atoms with Crippen LogP contribution < -0.4 is 4.90 Å². The summed E-state index contributed by atoms with van der Waals surface area (Å²) in [5.41, 5.74) is 15.0. The summed E-state index contributed by atoms with van der Waals surface area (Å²) >= 11 is 0. The molecule has 0 amide bonds. The van der Waals surface area contributed by atoms with Gasteiger partial charge in [0.25, 0.3) is 0 Å². The van der Waals surface area contributed by atoms with Crippen LogP contribution in [0.25, 0.3) is 55.3 Å². The topological polar surface area (TPSA) is 16.4 Å². The Balaban J connectivity index is 1.22. The minimum absolute atomic E-state index is 0.0750.